The molecule has 5 nitrogen and oxygen atoms in total. The fourth-order valence-electron chi connectivity index (χ4n) is 3.84. The minimum Gasteiger partial charge on any atom is -0.479 e. The van der Waals surface area contributed by atoms with E-state index in [1.54, 1.807) is 29.2 Å². The van der Waals surface area contributed by atoms with Crippen molar-refractivity contribution in [2.75, 3.05) is 16.3 Å². The van der Waals surface area contributed by atoms with Crippen molar-refractivity contribution in [2.45, 2.75) is 18.4 Å². The SMILES string of the molecule is C#CCN1C(=C)C2(CC2)Oc2cc(F)c(N3C(=O)c4ccccc4C3=O)cc21. The first kappa shape index (κ1) is 16.6. The van der Waals surface area contributed by atoms with E-state index in [2.05, 4.69) is 12.5 Å². The Kier molecular flexibility index (Phi) is 3.23. The van der Waals surface area contributed by atoms with Crippen LogP contribution in [0.4, 0.5) is 15.8 Å². The molecule has 0 saturated heterocycles. The minimum absolute atomic E-state index is 0.130. The molecule has 1 saturated carbocycles. The molecule has 2 aromatic rings. The number of fused-ring (bicyclic) bond motifs is 2. The molecule has 5 rings (SSSR count). The topological polar surface area (TPSA) is 49.9 Å². The smallest absolute Gasteiger partial charge is 0.266 e. The highest BCUT2D eigenvalue weighted by molar-refractivity contribution is 6.34. The minimum atomic E-state index is -0.711. The van der Waals surface area contributed by atoms with Gasteiger partial charge in [-0.05, 0) is 31.0 Å². The second-order valence-electron chi connectivity index (χ2n) is 7.10. The molecule has 1 fully saturated rings. The number of imide groups is 1. The molecule has 2 aromatic carbocycles. The van der Waals surface area contributed by atoms with Gasteiger partial charge < -0.3 is 9.64 Å². The second kappa shape index (κ2) is 5.46. The molecule has 1 spiro atoms. The molecular formula is C22H15FN2O3. The van der Waals surface area contributed by atoms with E-state index in [9.17, 15) is 14.0 Å². The molecule has 0 unspecified atom stereocenters. The number of anilines is 2. The fourth-order valence-corrected chi connectivity index (χ4v) is 3.84. The summed E-state index contributed by atoms with van der Waals surface area (Å²) in [6, 6.07) is 9.08. The van der Waals surface area contributed by atoms with Crippen molar-refractivity contribution in [1.29, 1.82) is 0 Å². The van der Waals surface area contributed by atoms with Crippen molar-refractivity contribution in [2.24, 2.45) is 0 Å². The number of amides is 2. The predicted octanol–water partition coefficient (Wildman–Crippen LogP) is 3.50. The van der Waals surface area contributed by atoms with Crippen LogP contribution in [0.1, 0.15) is 33.6 Å². The van der Waals surface area contributed by atoms with Crippen LogP contribution in [0, 0.1) is 18.2 Å². The van der Waals surface area contributed by atoms with Gasteiger partial charge in [-0.15, -0.1) is 6.42 Å². The summed E-state index contributed by atoms with van der Waals surface area (Å²) in [4.78, 5) is 28.2. The monoisotopic (exact) mass is 374 g/mol. The van der Waals surface area contributed by atoms with Crippen molar-refractivity contribution >= 4 is 23.2 Å². The number of hydrogen-bond acceptors (Lipinski definition) is 4. The summed E-state index contributed by atoms with van der Waals surface area (Å²) < 4.78 is 21.0. The Balaban J connectivity index is 1.64. The molecular weight excluding hydrogens is 359 g/mol. The van der Waals surface area contributed by atoms with Crippen molar-refractivity contribution < 1.29 is 18.7 Å². The molecule has 6 heteroatoms. The van der Waals surface area contributed by atoms with E-state index < -0.39 is 23.2 Å². The van der Waals surface area contributed by atoms with Crippen molar-refractivity contribution in [3.05, 3.63) is 65.6 Å². The molecule has 2 amide bonds. The number of halogens is 1. The highest BCUT2D eigenvalue weighted by atomic mass is 19.1. The van der Waals surface area contributed by atoms with Gasteiger partial charge in [0.15, 0.2) is 5.82 Å². The van der Waals surface area contributed by atoms with Crippen LogP contribution in [0.5, 0.6) is 5.75 Å². The van der Waals surface area contributed by atoms with Gasteiger partial charge in [0, 0.05) is 6.07 Å². The lowest BCUT2D eigenvalue weighted by molar-refractivity contribution is 0.0924. The van der Waals surface area contributed by atoms with Crippen molar-refractivity contribution in [3.8, 4) is 18.1 Å². The number of terminal acetylenes is 1. The maximum atomic E-state index is 15.0. The van der Waals surface area contributed by atoms with Crippen LogP contribution in [-0.4, -0.2) is 24.0 Å². The second-order valence-corrected chi connectivity index (χ2v) is 7.10. The van der Waals surface area contributed by atoms with Gasteiger partial charge in [-0.3, -0.25) is 9.59 Å². The molecule has 0 radical (unpaired) electrons. The summed E-state index contributed by atoms with van der Waals surface area (Å²) in [5, 5.41) is 0. The molecule has 2 aliphatic heterocycles. The standard InChI is InChI=1S/C22H15FN2O3/c1-3-10-24-13(2)22(8-9-22)28-19-11-16(23)17(12-18(19)24)25-20(26)14-6-4-5-7-15(14)21(25)27/h1,4-7,11-12H,2,8-10H2. The van der Waals surface area contributed by atoms with Crippen LogP contribution in [0.15, 0.2) is 48.7 Å². The largest absolute Gasteiger partial charge is 0.479 e. The normalized spacial score (nSPS) is 18.6. The first-order valence-electron chi connectivity index (χ1n) is 8.87. The Morgan fingerprint density at radius 1 is 1.14 bits per heavy atom. The van der Waals surface area contributed by atoms with E-state index in [-0.39, 0.29) is 23.4 Å². The maximum absolute atomic E-state index is 15.0. The van der Waals surface area contributed by atoms with Crippen LogP contribution in [0.25, 0.3) is 0 Å². The molecule has 28 heavy (non-hydrogen) atoms. The Hall–Kier alpha value is -3.59. The summed E-state index contributed by atoms with van der Waals surface area (Å²) in [6.07, 6.45) is 7.08. The summed E-state index contributed by atoms with van der Waals surface area (Å²) in [5.74, 6) is 1.08. The zero-order valence-electron chi connectivity index (χ0n) is 14.9. The highest BCUT2D eigenvalue weighted by Crippen LogP contribution is 2.54. The Morgan fingerprint density at radius 3 is 2.36 bits per heavy atom. The van der Waals surface area contributed by atoms with E-state index in [1.165, 1.54) is 12.1 Å². The number of carbonyl (C=O) groups is 2. The Labute approximate surface area is 161 Å². The van der Waals surface area contributed by atoms with E-state index in [0.717, 1.165) is 17.7 Å². The first-order valence-corrected chi connectivity index (χ1v) is 8.87. The van der Waals surface area contributed by atoms with Crippen molar-refractivity contribution in [3.63, 3.8) is 0 Å². The third-order valence-corrected chi connectivity index (χ3v) is 5.46. The predicted molar refractivity (Wildman–Crippen MR) is 102 cm³/mol. The van der Waals surface area contributed by atoms with Gasteiger partial charge >= 0.3 is 0 Å². The van der Waals surface area contributed by atoms with Crippen LogP contribution < -0.4 is 14.5 Å². The number of ether oxygens (including phenoxy) is 1. The van der Waals surface area contributed by atoms with Crippen molar-refractivity contribution in [1.82, 2.24) is 0 Å². The molecule has 0 bridgehead atoms. The highest BCUT2D eigenvalue weighted by Gasteiger charge is 2.53. The van der Waals surface area contributed by atoms with E-state index in [0.29, 0.717) is 17.1 Å². The molecule has 3 aliphatic rings. The van der Waals surface area contributed by atoms with Crippen LogP contribution in [0.3, 0.4) is 0 Å². The van der Waals surface area contributed by atoms with Gasteiger partial charge in [-0.2, -0.15) is 0 Å². The zero-order valence-corrected chi connectivity index (χ0v) is 14.9. The molecule has 138 valence electrons. The summed E-state index contributed by atoms with van der Waals surface area (Å²) in [6.45, 7) is 4.33. The molecule has 0 aromatic heterocycles. The van der Waals surface area contributed by atoms with Gasteiger partial charge in [0.1, 0.15) is 11.4 Å². The lowest BCUT2D eigenvalue weighted by Crippen LogP contribution is -2.39. The summed E-state index contributed by atoms with van der Waals surface area (Å²) in [7, 11) is 0. The van der Waals surface area contributed by atoms with Crippen LogP contribution >= 0.6 is 0 Å². The number of carbonyl (C=O) groups excluding carboxylic acids is 2. The lowest BCUT2D eigenvalue weighted by atomic mass is 10.1. The number of nitrogens with zero attached hydrogens (tertiary/aromatic N) is 2. The number of benzene rings is 2. The number of rotatable bonds is 2. The first-order chi connectivity index (χ1) is 13.5. The molecule has 0 N–H and O–H groups in total. The third-order valence-electron chi connectivity index (χ3n) is 5.46. The van der Waals surface area contributed by atoms with Crippen LogP contribution in [0.2, 0.25) is 0 Å². The molecule has 1 aliphatic carbocycles. The molecule has 0 atom stereocenters. The lowest BCUT2D eigenvalue weighted by Gasteiger charge is -2.38. The van der Waals surface area contributed by atoms with Gasteiger partial charge in [-0.25, -0.2) is 9.29 Å². The Morgan fingerprint density at radius 2 is 1.79 bits per heavy atom. The van der Waals surface area contributed by atoms with Gasteiger partial charge in [0.2, 0.25) is 0 Å². The average Bonchev–Trinajstić information content (AvgIpc) is 3.41. The maximum Gasteiger partial charge on any atom is 0.266 e. The van der Waals surface area contributed by atoms with E-state index in [1.807, 2.05) is 0 Å². The van der Waals surface area contributed by atoms with Gasteiger partial charge in [0.05, 0.1) is 34.7 Å². The van der Waals surface area contributed by atoms with Crippen LogP contribution in [-0.2, 0) is 0 Å². The van der Waals surface area contributed by atoms with E-state index >= 15 is 0 Å². The van der Waals surface area contributed by atoms with Gasteiger partial charge in [-0.1, -0.05) is 24.6 Å². The van der Waals surface area contributed by atoms with Gasteiger partial charge in [0.25, 0.3) is 11.8 Å². The molecule has 2 heterocycles. The average molecular weight is 374 g/mol. The Bertz CT molecular complexity index is 1090. The fraction of sp³-hybridized carbons (Fsp3) is 0.182. The zero-order chi connectivity index (χ0) is 19.6. The van der Waals surface area contributed by atoms with E-state index in [4.69, 9.17) is 11.2 Å². The third kappa shape index (κ3) is 2.07. The number of hydrogen-bond donors (Lipinski definition) is 0. The summed E-state index contributed by atoms with van der Waals surface area (Å²) in [5.41, 5.74) is 1.04. The summed E-state index contributed by atoms with van der Waals surface area (Å²) >= 11 is 0. The quantitative estimate of drug-likeness (QED) is 0.596.